The number of nitrogens with one attached hydrogen (secondary N) is 1. The Kier molecular flexibility index (Phi) is 4.32. The van der Waals surface area contributed by atoms with Crippen molar-refractivity contribution in [3.8, 4) is 0 Å². The lowest BCUT2D eigenvalue weighted by Crippen LogP contribution is -2.35. The van der Waals surface area contributed by atoms with Crippen LogP contribution in [0.1, 0.15) is 26.0 Å². The minimum absolute atomic E-state index is 0.00282. The molecule has 1 atom stereocenters. The Morgan fingerprint density at radius 1 is 1.73 bits per heavy atom. The van der Waals surface area contributed by atoms with Gasteiger partial charge in [0.1, 0.15) is 6.54 Å². The van der Waals surface area contributed by atoms with Gasteiger partial charge in [-0.2, -0.15) is 5.10 Å². The maximum absolute atomic E-state index is 11.6. The second-order valence-corrected chi connectivity index (χ2v) is 4.47. The summed E-state index contributed by atoms with van der Waals surface area (Å²) in [5, 5.41) is 7.00. The molecule has 0 fully saturated rings. The molecular formula is C10H16BrN3O. The van der Waals surface area contributed by atoms with Gasteiger partial charge in [0.2, 0.25) is 5.91 Å². The van der Waals surface area contributed by atoms with Crippen molar-refractivity contribution in [3.05, 3.63) is 16.4 Å². The van der Waals surface area contributed by atoms with Gasteiger partial charge in [-0.1, -0.05) is 6.92 Å². The molecule has 1 aromatic heterocycles. The molecule has 0 saturated carbocycles. The summed E-state index contributed by atoms with van der Waals surface area (Å²) < 4.78 is 2.61. The number of carbonyl (C=O) groups excluding carboxylic acids is 1. The maximum Gasteiger partial charge on any atom is 0.241 e. The van der Waals surface area contributed by atoms with Crippen molar-refractivity contribution in [2.45, 2.75) is 39.8 Å². The van der Waals surface area contributed by atoms with Gasteiger partial charge in [-0.05, 0) is 36.2 Å². The van der Waals surface area contributed by atoms with Crippen molar-refractivity contribution in [1.29, 1.82) is 0 Å². The second kappa shape index (κ2) is 5.30. The van der Waals surface area contributed by atoms with E-state index in [1.165, 1.54) is 0 Å². The molecule has 1 amide bonds. The van der Waals surface area contributed by atoms with Gasteiger partial charge in [-0.3, -0.25) is 9.48 Å². The summed E-state index contributed by atoms with van der Waals surface area (Å²) in [7, 11) is 0. The highest BCUT2D eigenvalue weighted by molar-refractivity contribution is 9.10. The summed E-state index contributed by atoms with van der Waals surface area (Å²) in [4.78, 5) is 11.6. The highest BCUT2D eigenvalue weighted by atomic mass is 79.9. The summed E-state index contributed by atoms with van der Waals surface area (Å²) in [5.41, 5.74) is 0.967. The topological polar surface area (TPSA) is 46.9 Å². The molecule has 1 N–H and O–H groups in total. The average Bonchev–Trinajstić information content (AvgIpc) is 2.49. The van der Waals surface area contributed by atoms with Crippen molar-refractivity contribution in [2.75, 3.05) is 0 Å². The monoisotopic (exact) mass is 273 g/mol. The van der Waals surface area contributed by atoms with Gasteiger partial charge >= 0.3 is 0 Å². The first-order valence-corrected chi connectivity index (χ1v) is 5.81. The van der Waals surface area contributed by atoms with E-state index in [1.807, 2.05) is 20.8 Å². The van der Waals surface area contributed by atoms with E-state index in [1.54, 1.807) is 10.9 Å². The molecule has 1 heterocycles. The lowest BCUT2D eigenvalue weighted by molar-refractivity contribution is -0.122. The Bertz CT molecular complexity index is 348. The van der Waals surface area contributed by atoms with Crippen LogP contribution in [0.3, 0.4) is 0 Å². The molecule has 0 saturated heterocycles. The lowest BCUT2D eigenvalue weighted by Gasteiger charge is -2.11. The van der Waals surface area contributed by atoms with Crippen LogP contribution in [-0.4, -0.2) is 21.7 Å². The first-order valence-electron chi connectivity index (χ1n) is 5.01. The van der Waals surface area contributed by atoms with E-state index >= 15 is 0 Å². The molecular weight excluding hydrogens is 258 g/mol. The Balaban J connectivity index is 2.55. The maximum atomic E-state index is 11.6. The van der Waals surface area contributed by atoms with Crippen LogP contribution in [0.5, 0.6) is 0 Å². The number of nitrogens with zero attached hydrogens (tertiary/aromatic N) is 2. The Labute approximate surface area is 98.2 Å². The number of carbonyl (C=O) groups is 1. The smallest absolute Gasteiger partial charge is 0.241 e. The quantitative estimate of drug-likeness (QED) is 0.911. The van der Waals surface area contributed by atoms with Crippen LogP contribution in [-0.2, 0) is 11.3 Å². The van der Waals surface area contributed by atoms with E-state index in [0.29, 0.717) is 0 Å². The van der Waals surface area contributed by atoms with Crippen LogP contribution in [0.4, 0.5) is 0 Å². The van der Waals surface area contributed by atoms with Gasteiger partial charge in [-0.25, -0.2) is 0 Å². The molecule has 0 spiro atoms. The second-order valence-electron chi connectivity index (χ2n) is 3.61. The molecule has 0 aromatic carbocycles. The third-order valence-corrected chi connectivity index (χ3v) is 3.13. The number of aromatic nitrogens is 2. The number of amides is 1. The summed E-state index contributed by atoms with van der Waals surface area (Å²) in [6.07, 6.45) is 2.64. The molecule has 0 aliphatic rings. The van der Waals surface area contributed by atoms with Crippen molar-refractivity contribution < 1.29 is 4.79 Å². The van der Waals surface area contributed by atoms with Crippen LogP contribution < -0.4 is 5.32 Å². The Hall–Kier alpha value is -0.840. The van der Waals surface area contributed by atoms with E-state index in [4.69, 9.17) is 0 Å². The standard InChI is InChI=1S/C10H16BrN3O/c1-4-7(2)13-10(15)6-14-8(3)9(11)5-12-14/h5,7H,4,6H2,1-3H3,(H,13,15). The Morgan fingerprint density at radius 3 is 2.87 bits per heavy atom. The Morgan fingerprint density at radius 2 is 2.40 bits per heavy atom. The fourth-order valence-electron chi connectivity index (χ4n) is 1.14. The highest BCUT2D eigenvalue weighted by Gasteiger charge is 2.09. The molecule has 84 valence electrons. The first-order chi connectivity index (χ1) is 7.04. The number of rotatable bonds is 4. The number of hydrogen-bond donors (Lipinski definition) is 1. The SMILES string of the molecule is CCC(C)NC(=O)Cn1ncc(Br)c1C. The van der Waals surface area contributed by atoms with Crippen molar-refractivity contribution >= 4 is 21.8 Å². The van der Waals surface area contributed by atoms with E-state index in [-0.39, 0.29) is 18.5 Å². The van der Waals surface area contributed by atoms with E-state index < -0.39 is 0 Å². The normalized spacial score (nSPS) is 12.5. The summed E-state index contributed by atoms with van der Waals surface area (Å²) in [6, 6.07) is 0.219. The molecule has 0 bridgehead atoms. The summed E-state index contributed by atoms with van der Waals surface area (Å²) >= 11 is 3.36. The zero-order valence-electron chi connectivity index (χ0n) is 9.25. The highest BCUT2D eigenvalue weighted by Crippen LogP contribution is 2.13. The van der Waals surface area contributed by atoms with Crippen molar-refractivity contribution in [1.82, 2.24) is 15.1 Å². The first kappa shape index (κ1) is 12.2. The summed E-state index contributed by atoms with van der Waals surface area (Å²) in [5.74, 6) is 0.00282. The van der Waals surface area contributed by atoms with Gasteiger partial charge in [0.15, 0.2) is 0 Å². The molecule has 4 nitrogen and oxygen atoms in total. The fraction of sp³-hybridized carbons (Fsp3) is 0.600. The van der Waals surface area contributed by atoms with Crippen LogP contribution in [0.2, 0.25) is 0 Å². The van der Waals surface area contributed by atoms with Crippen molar-refractivity contribution in [3.63, 3.8) is 0 Å². The summed E-state index contributed by atoms with van der Waals surface area (Å²) in [6.45, 7) is 6.24. The van der Waals surface area contributed by atoms with Gasteiger partial charge in [0, 0.05) is 6.04 Å². The molecule has 0 radical (unpaired) electrons. The fourth-order valence-corrected chi connectivity index (χ4v) is 1.44. The number of halogens is 1. The zero-order chi connectivity index (χ0) is 11.4. The lowest BCUT2D eigenvalue weighted by atomic mass is 10.2. The van der Waals surface area contributed by atoms with Crippen LogP contribution in [0.15, 0.2) is 10.7 Å². The predicted molar refractivity (Wildman–Crippen MR) is 62.6 cm³/mol. The molecule has 0 aliphatic carbocycles. The van der Waals surface area contributed by atoms with E-state index in [2.05, 4.69) is 26.3 Å². The van der Waals surface area contributed by atoms with Crippen LogP contribution in [0, 0.1) is 6.92 Å². The van der Waals surface area contributed by atoms with Crippen LogP contribution in [0.25, 0.3) is 0 Å². The van der Waals surface area contributed by atoms with E-state index in [0.717, 1.165) is 16.6 Å². The van der Waals surface area contributed by atoms with Crippen molar-refractivity contribution in [2.24, 2.45) is 0 Å². The molecule has 0 aliphatic heterocycles. The predicted octanol–water partition coefficient (Wildman–Crippen LogP) is 1.87. The molecule has 1 aromatic rings. The van der Waals surface area contributed by atoms with Gasteiger partial charge in [-0.15, -0.1) is 0 Å². The minimum atomic E-state index is 0.00282. The molecule has 1 unspecified atom stereocenters. The number of hydrogen-bond acceptors (Lipinski definition) is 2. The van der Waals surface area contributed by atoms with E-state index in [9.17, 15) is 4.79 Å². The largest absolute Gasteiger partial charge is 0.352 e. The van der Waals surface area contributed by atoms with Crippen LogP contribution >= 0.6 is 15.9 Å². The third-order valence-electron chi connectivity index (χ3n) is 2.36. The molecule has 5 heteroatoms. The zero-order valence-corrected chi connectivity index (χ0v) is 10.8. The van der Waals surface area contributed by atoms with Gasteiger partial charge < -0.3 is 5.32 Å². The molecule has 1 rings (SSSR count). The minimum Gasteiger partial charge on any atom is -0.352 e. The average molecular weight is 274 g/mol. The third kappa shape index (κ3) is 3.34. The van der Waals surface area contributed by atoms with Gasteiger partial charge in [0.05, 0.1) is 16.4 Å². The van der Waals surface area contributed by atoms with Gasteiger partial charge in [0.25, 0.3) is 0 Å². The molecule has 15 heavy (non-hydrogen) atoms.